The quantitative estimate of drug-likeness (QED) is 0.308. The van der Waals surface area contributed by atoms with E-state index in [1.165, 1.54) is 31.1 Å². The van der Waals surface area contributed by atoms with Gasteiger partial charge >= 0.3 is 0 Å². The summed E-state index contributed by atoms with van der Waals surface area (Å²) in [4.78, 5) is 51.7. The van der Waals surface area contributed by atoms with E-state index in [2.05, 4.69) is 5.32 Å². The molecule has 3 N–H and O–H groups in total. The van der Waals surface area contributed by atoms with E-state index in [1.807, 2.05) is 0 Å². The van der Waals surface area contributed by atoms with Crippen LogP contribution in [0.15, 0.2) is 42.0 Å². The number of ether oxygens (including phenoxy) is 2. The Morgan fingerprint density at radius 3 is 2.57 bits per heavy atom. The number of ketones is 1. The van der Waals surface area contributed by atoms with E-state index in [9.17, 15) is 29.4 Å². The Morgan fingerprint density at radius 2 is 1.93 bits per heavy atom. The highest BCUT2D eigenvalue weighted by atomic mass is 35.5. The van der Waals surface area contributed by atoms with Gasteiger partial charge in [-0.25, -0.2) is 0 Å². The molecular formula is C30H32Cl2N2O8. The molecule has 12 heteroatoms. The Labute approximate surface area is 253 Å². The molecule has 4 rings (SSSR count). The number of aliphatic hydroxyl groups is 2. The number of aldehydes is 1. The van der Waals surface area contributed by atoms with Gasteiger partial charge in [0.05, 0.1) is 25.7 Å². The summed E-state index contributed by atoms with van der Waals surface area (Å²) in [6.07, 6.45) is 0.349. The monoisotopic (exact) mass is 618 g/mol. The molecule has 4 atom stereocenters. The van der Waals surface area contributed by atoms with Gasteiger partial charge in [0, 0.05) is 52.7 Å². The van der Waals surface area contributed by atoms with Crippen LogP contribution >= 0.6 is 23.2 Å². The van der Waals surface area contributed by atoms with Gasteiger partial charge in [-0.3, -0.25) is 14.4 Å². The first-order chi connectivity index (χ1) is 20.1. The van der Waals surface area contributed by atoms with Crippen molar-refractivity contribution in [3.8, 4) is 11.5 Å². The Morgan fingerprint density at radius 1 is 1.17 bits per heavy atom. The second-order valence-corrected chi connectivity index (χ2v) is 11.1. The van der Waals surface area contributed by atoms with Crippen molar-refractivity contribution in [3.63, 3.8) is 0 Å². The van der Waals surface area contributed by atoms with Crippen molar-refractivity contribution in [2.75, 3.05) is 20.3 Å². The van der Waals surface area contributed by atoms with Crippen LogP contribution in [0, 0.1) is 0 Å². The topological polar surface area (TPSA) is 142 Å². The molecule has 0 fully saturated rings. The number of methoxy groups -OCH3 is 1. The van der Waals surface area contributed by atoms with Crippen molar-refractivity contribution < 1.29 is 38.9 Å². The van der Waals surface area contributed by atoms with Crippen LogP contribution in [0.3, 0.4) is 0 Å². The summed E-state index contributed by atoms with van der Waals surface area (Å²) in [5, 5.41) is 24.4. The third-order valence-electron chi connectivity index (χ3n) is 7.37. The summed E-state index contributed by atoms with van der Waals surface area (Å²) in [7, 11) is 1.41. The molecule has 0 saturated heterocycles. The van der Waals surface area contributed by atoms with Crippen molar-refractivity contribution >= 4 is 47.1 Å². The van der Waals surface area contributed by atoms with E-state index in [4.69, 9.17) is 32.7 Å². The van der Waals surface area contributed by atoms with Crippen LogP contribution in [0.5, 0.6) is 11.5 Å². The average Bonchev–Trinajstić information content (AvgIpc) is 3.35. The molecule has 4 unspecified atom stereocenters. The van der Waals surface area contributed by atoms with Gasteiger partial charge in [-0.2, -0.15) is 0 Å². The third kappa shape index (κ3) is 6.62. The lowest BCUT2D eigenvalue weighted by atomic mass is 9.77. The minimum absolute atomic E-state index is 0.0135. The van der Waals surface area contributed by atoms with E-state index in [1.54, 1.807) is 24.3 Å². The van der Waals surface area contributed by atoms with E-state index >= 15 is 0 Å². The normalized spacial score (nSPS) is 20.5. The molecule has 1 aliphatic carbocycles. The molecular weight excluding hydrogens is 587 g/mol. The number of rotatable bonds is 12. The minimum Gasteiger partial charge on any atom is -0.493 e. The fourth-order valence-corrected chi connectivity index (χ4v) is 5.85. The number of fused-ring (bicyclic) bond motifs is 3. The van der Waals surface area contributed by atoms with Gasteiger partial charge in [0.2, 0.25) is 11.8 Å². The van der Waals surface area contributed by atoms with Gasteiger partial charge < -0.3 is 34.7 Å². The summed E-state index contributed by atoms with van der Waals surface area (Å²) in [6.45, 7) is 1.09. The van der Waals surface area contributed by atoms with E-state index < -0.39 is 30.1 Å². The molecule has 1 aliphatic heterocycles. The standard InChI is InChI=1S/C30H32Cl2N2O8/c1-16(37)4-3-5-25(38)34(14-18-6-7-19(31)12-22(18)32)23-13-21(30(40)33-8-9-35)26-20-10-17(15-36)11-24(41-2)28(20)42-29(26)27(23)39/h6-7,10-13,15,23,26-27,29,35,39H,3-5,8-9,14H2,1-2H3,(H,33,40). The fourth-order valence-electron chi connectivity index (χ4n) is 5.38. The predicted molar refractivity (Wildman–Crippen MR) is 155 cm³/mol. The molecule has 0 spiro atoms. The lowest BCUT2D eigenvalue weighted by molar-refractivity contribution is -0.138. The number of Topliss-reactive ketones (excluding diaryl/α,β-unsaturated/α-hetero) is 1. The number of hydrogen-bond donors (Lipinski definition) is 3. The van der Waals surface area contributed by atoms with Crippen molar-refractivity contribution in [1.29, 1.82) is 0 Å². The number of aliphatic hydroxyl groups excluding tert-OH is 2. The minimum atomic E-state index is -1.32. The van der Waals surface area contributed by atoms with Crippen LogP contribution in [0.2, 0.25) is 10.0 Å². The SMILES string of the molecule is COc1cc(C=O)cc2c1OC1C2C(C(=O)NCCO)=CC(N(Cc2ccc(Cl)cc2Cl)C(=O)CCCC(C)=O)C1O. The fraction of sp³-hybridized carbons (Fsp3) is 0.400. The highest BCUT2D eigenvalue weighted by Gasteiger charge is 2.51. The molecule has 0 bridgehead atoms. The van der Waals surface area contributed by atoms with Crippen molar-refractivity contribution in [3.05, 3.63) is 68.7 Å². The summed E-state index contributed by atoms with van der Waals surface area (Å²) >= 11 is 12.5. The zero-order chi connectivity index (χ0) is 30.6. The maximum atomic E-state index is 13.7. The number of benzene rings is 2. The smallest absolute Gasteiger partial charge is 0.247 e. The van der Waals surface area contributed by atoms with Crippen LogP contribution in [0.4, 0.5) is 0 Å². The molecule has 2 amide bonds. The number of carbonyl (C=O) groups is 4. The molecule has 10 nitrogen and oxygen atoms in total. The van der Waals surface area contributed by atoms with E-state index in [0.29, 0.717) is 39.4 Å². The Bertz CT molecular complexity index is 1410. The molecule has 1 heterocycles. The van der Waals surface area contributed by atoms with Crippen molar-refractivity contribution in [2.24, 2.45) is 0 Å². The zero-order valence-corrected chi connectivity index (χ0v) is 24.7. The molecule has 2 aromatic carbocycles. The molecule has 2 aromatic rings. The lowest BCUT2D eigenvalue weighted by Gasteiger charge is -2.41. The van der Waals surface area contributed by atoms with Crippen LogP contribution in [-0.2, 0) is 20.9 Å². The summed E-state index contributed by atoms with van der Waals surface area (Å²) in [5.41, 5.74) is 1.52. The van der Waals surface area contributed by atoms with Gasteiger partial charge in [-0.05, 0) is 49.2 Å². The van der Waals surface area contributed by atoms with Crippen LogP contribution in [-0.4, -0.2) is 77.5 Å². The van der Waals surface area contributed by atoms with Crippen LogP contribution < -0.4 is 14.8 Å². The predicted octanol–water partition coefficient (Wildman–Crippen LogP) is 3.23. The first-order valence-electron chi connectivity index (χ1n) is 13.4. The Hall–Kier alpha value is -3.44. The number of nitrogens with one attached hydrogen (secondary N) is 1. The van der Waals surface area contributed by atoms with Gasteiger partial charge in [0.25, 0.3) is 0 Å². The van der Waals surface area contributed by atoms with Gasteiger partial charge in [0.15, 0.2) is 11.5 Å². The number of hydrogen-bond acceptors (Lipinski definition) is 8. The van der Waals surface area contributed by atoms with Crippen LogP contribution in [0.1, 0.15) is 53.6 Å². The van der Waals surface area contributed by atoms with Gasteiger partial charge in [-0.1, -0.05) is 29.3 Å². The first-order valence-corrected chi connectivity index (χ1v) is 14.2. The summed E-state index contributed by atoms with van der Waals surface area (Å²) in [5.74, 6) is -1.22. The maximum Gasteiger partial charge on any atom is 0.247 e. The lowest BCUT2D eigenvalue weighted by Crippen LogP contribution is -2.55. The summed E-state index contributed by atoms with van der Waals surface area (Å²) < 4.78 is 11.6. The number of nitrogens with zero attached hydrogens (tertiary/aromatic N) is 1. The second kappa shape index (κ2) is 13.7. The van der Waals surface area contributed by atoms with Gasteiger partial charge in [0.1, 0.15) is 24.3 Å². The molecule has 0 radical (unpaired) electrons. The van der Waals surface area contributed by atoms with Crippen molar-refractivity contribution in [2.45, 2.75) is 56.9 Å². The molecule has 2 aliphatic rings. The maximum absolute atomic E-state index is 13.7. The van der Waals surface area contributed by atoms with Gasteiger partial charge in [-0.15, -0.1) is 0 Å². The molecule has 0 saturated carbocycles. The zero-order valence-electron chi connectivity index (χ0n) is 23.1. The number of halogens is 2. The van der Waals surface area contributed by atoms with E-state index in [0.717, 1.165) is 0 Å². The molecule has 0 aromatic heterocycles. The average molecular weight is 619 g/mol. The number of amides is 2. The Kier molecular flexibility index (Phi) is 10.3. The number of carbonyl (C=O) groups excluding carboxylic acids is 4. The highest BCUT2D eigenvalue weighted by Crippen LogP contribution is 2.51. The first kappa shape index (κ1) is 31.5. The largest absolute Gasteiger partial charge is 0.493 e. The second-order valence-electron chi connectivity index (χ2n) is 10.2. The molecule has 42 heavy (non-hydrogen) atoms. The summed E-state index contributed by atoms with van der Waals surface area (Å²) in [6, 6.07) is 6.88. The molecule has 224 valence electrons. The third-order valence-corrected chi connectivity index (χ3v) is 7.95. The van der Waals surface area contributed by atoms with Crippen LogP contribution in [0.25, 0.3) is 0 Å². The highest BCUT2D eigenvalue weighted by molar-refractivity contribution is 6.35. The van der Waals surface area contributed by atoms with E-state index in [-0.39, 0.29) is 61.3 Å². The Balaban J connectivity index is 1.81. The van der Waals surface area contributed by atoms with Crippen molar-refractivity contribution in [1.82, 2.24) is 10.2 Å².